The molecule has 1 aliphatic rings. The lowest BCUT2D eigenvalue weighted by Gasteiger charge is -2.29. The van der Waals surface area contributed by atoms with Gasteiger partial charge in [-0.2, -0.15) is 0 Å². The first-order valence-electron chi connectivity index (χ1n) is 13.5. The van der Waals surface area contributed by atoms with E-state index in [4.69, 9.17) is 17.0 Å². The van der Waals surface area contributed by atoms with E-state index in [1.165, 1.54) is 23.9 Å². The second kappa shape index (κ2) is 11.2. The molecular formula is C31H35N5O3S2. The SMILES string of the molecule is CCc1cccc(C)c1-n1c(C)cc([C@@H]2[C@H](c3ccccn3)NC(=S)N2c2ccc(NS(C)(=O)=O)c(OC)c2)c1C. The molecule has 41 heavy (non-hydrogen) atoms. The van der Waals surface area contributed by atoms with Crippen molar-refractivity contribution in [2.45, 2.75) is 46.2 Å². The van der Waals surface area contributed by atoms with Gasteiger partial charge >= 0.3 is 0 Å². The van der Waals surface area contributed by atoms with Crippen molar-refractivity contribution >= 4 is 38.7 Å². The third-order valence-corrected chi connectivity index (χ3v) is 8.48. The van der Waals surface area contributed by atoms with Gasteiger partial charge in [-0.1, -0.05) is 31.2 Å². The minimum Gasteiger partial charge on any atom is -0.494 e. The number of benzene rings is 2. The van der Waals surface area contributed by atoms with Gasteiger partial charge < -0.3 is 19.5 Å². The molecule has 4 aromatic rings. The molecule has 3 heterocycles. The van der Waals surface area contributed by atoms with Crippen molar-refractivity contribution in [1.29, 1.82) is 0 Å². The van der Waals surface area contributed by atoms with Gasteiger partial charge in [0.1, 0.15) is 5.75 Å². The Morgan fingerprint density at radius 1 is 1.07 bits per heavy atom. The lowest BCUT2D eigenvalue weighted by Crippen LogP contribution is -2.29. The van der Waals surface area contributed by atoms with Crippen LogP contribution in [0.3, 0.4) is 0 Å². The van der Waals surface area contributed by atoms with Crippen LogP contribution in [0.4, 0.5) is 11.4 Å². The van der Waals surface area contributed by atoms with Crippen LogP contribution in [0.15, 0.2) is 66.9 Å². The summed E-state index contributed by atoms with van der Waals surface area (Å²) in [5, 5.41) is 4.07. The highest BCUT2D eigenvalue weighted by atomic mass is 32.2. The maximum absolute atomic E-state index is 11.9. The number of hydrogen-bond donors (Lipinski definition) is 2. The summed E-state index contributed by atoms with van der Waals surface area (Å²) in [6, 6.07) is 19.5. The summed E-state index contributed by atoms with van der Waals surface area (Å²) in [6.07, 6.45) is 3.83. The summed E-state index contributed by atoms with van der Waals surface area (Å²) >= 11 is 5.94. The number of methoxy groups -OCH3 is 1. The third-order valence-electron chi connectivity index (χ3n) is 7.57. The molecule has 214 valence electrons. The van der Waals surface area contributed by atoms with Crippen LogP contribution in [0.25, 0.3) is 5.69 Å². The van der Waals surface area contributed by atoms with Crippen molar-refractivity contribution in [2.24, 2.45) is 0 Å². The van der Waals surface area contributed by atoms with Crippen molar-refractivity contribution in [3.05, 3.63) is 101 Å². The molecule has 0 bridgehead atoms. The zero-order valence-corrected chi connectivity index (χ0v) is 25.7. The Morgan fingerprint density at radius 2 is 1.85 bits per heavy atom. The summed E-state index contributed by atoms with van der Waals surface area (Å²) in [5.41, 5.74) is 9.10. The molecular weight excluding hydrogens is 555 g/mol. The molecule has 0 spiro atoms. The quantitative estimate of drug-likeness (QED) is 0.247. The van der Waals surface area contributed by atoms with E-state index < -0.39 is 10.0 Å². The fraction of sp³-hybridized carbons (Fsp3) is 0.290. The van der Waals surface area contributed by atoms with E-state index in [9.17, 15) is 8.42 Å². The molecule has 2 N–H and O–H groups in total. The van der Waals surface area contributed by atoms with Gasteiger partial charge in [0.05, 0.1) is 42.5 Å². The maximum Gasteiger partial charge on any atom is 0.229 e. The lowest BCUT2D eigenvalue weighted by molar-refractivity contribution is 0.417. The van der Waals surface area contributed by atoms with Gasteiger partial charge in [0.25, 0.3) is 0 Å². The van der Waals surface area contributed by atoms with Crippen molar-refractivity contribution in [3.63, 3.8) is 0 Å². The van der Waals surface area contributed by atoms with Crippen molar-refractivity contribution in [2.75, 3.05) is 23.0 Å². The molecule has 0 unspecified atom stereocenters. The van der Waals surface area contributed by atoms with E-state index in [1.807, 2.05) is 30.3 Å². The summed E-state index contributed by atoms with van der Waals surface area (Å²) in [7, 11) is -1.97. The van der Waals surface area contributed by atoms with Crippen molar-refractivity contribution in [3.8, 4) is 11.4 Å². The number of thiocarbonyl (C=S) groups is 1. The molecule has 0 saturated carbocycles. The zero-order chi connectivity index (χ0) is 29.5. The van der Waals surface area contributed by atoms with Crippen LogP contribution in [0.1, 0.15) is 52.8 Å². The minimum atomic E-state index is -3.49. The van der Waals surface area contributed by atoms with E-state index in [2.05, 4.69) is 76.5 Å². The summed E-state index contributed by atoms with van der Waals surface area (Å²) in [4.78, 5) is 6.76. The van der Waals surface area contributed by atoms with E-state index in [1.54, 1.807) is 12.3 Å². The fourth-order valence-electron chi connectivity index (χ4n) is 5.82. The standard InChI is InChI=1S/C31H35N5O3S2/c1-7-22-12-10-11-19(2)29(22)35-20(3)17-24(21(35)4)30-28(26-13-8-9-16-32-26)33-31(40)36(30)23-14-15-25(27(18-23)39-5)34-41(6,37)38/h8-18,28,30,34H,7H2,1-6H3,(H,33,40)/t28-,30+/m0/s1. The Balaban J connectivity index is 1.69. The summed E-state index contributed by atoms with van der Waals surface area (Å²) in [5.74, 6) is 0.397. The van der Waals surface area contributed by atoms with E-state index in [0.29, 0.717) is 16.5 Å². The van der Waals surface area contributed by atoms with Crippen LogP contribution in [0.5, 0.6) is 5.75 Å². The highest BCUT2D eigenvalue weighted by Crippen LogP contribution is 2.45. The first-order chi connectivity index (χ1) is 19.5. The van der Waals surface area contributed by atoms with Crippen molar-refractivity contribution < 1.29 is 13.2 Å². The molecule has 0 radical (unpaired) electrons. The van der Waals surface area contributed by atoms with Crippen LogP contribution in [-0.2, 0) is 16.4 Å². The predicted octanol–water partition coefficient (Wildman–Crippen LogP) is 5.92. The summed E-state index contributed by atoms with van der Waals surface area (Å²) in [6.45, 7) is 8.63. The number of rotatable bonds is 8. The number of nitrogens with zero attached hydrogens (tertiary/aromatic N) is 3. The molecule has 2 aromatic heterocycles. The normalized spacial score (nSPS) is 17.0. The molecule has 2 aromatic carbocycles. The Bertz CT molecular complexity index is 1720. The number of aromatic nitrogens is 2. The van der Waals surface area contributed by atoms with E-state index in [0.717, 1.165) is 41.0 Å². The average molecular weight is 590 g/mol. The number of hydrogen-bond acceptors (Lipinski definition) is 5. The second-order valence-electron chi connectivity index (χ2n) is 10.4. The molecule has 0 amide bonds. The van der Waals surface area contributed by atoms with Crippen LogP contribution >= 0.6 is 12.2 Å². The molecule has 1 aliphatic heterocycles. The van der Waals surface area contributed by atoms with Crippen LogP contribution in [0, 0.1) is 20.8 Å². The fourth-order valence-corrected chi connectivity index (χ4v) is 6.73. The largest absolute Gasteiger partial charge is 0.494 e. The Hall–Kier alpha value is -3.89. The van der Waals surface area contributed by atoms with E-state index in [-0.39, 0.29) is 12.1 Å². The number of sulfonamides is 1. The van der Waals surface area contributed by atoms with Gasteiger partial charge in [-0.25, -0.2) is 8.42 Å². The predicted molar refractivity (Wildman–Crippen MR) is 169 cm³/mol. The Labute approximate surface area is 247 Å². The second-order valence-corrected chi connectivity index (χ2v) is 12.5. The molecule has 1 fully saturated rings. The third kappa shape index (κ3) is 5.41. The molecule has 0 aliphatic carbocycles. The number of aryl methyl sites for hydroxylation is 3. The highest BCUT2D eigenvalue weighted by Gasteiger charge is 2.42. The van der Waals surface area contributed by atoms with Crippen LogP contribution < -0.4 is 19.7 Å². The van der Waals surface area contributed by atoms with Gasteiger partial charge in [-0.15, -0.1) is 0 Å². The summed E-state index contributed by atoms with van der Waals surface area (Å²) < 4.78 is 34.3. The molecule has 1 saturated heterocycles. The first-order valence-corrected chi connectivity index (χ1v) is 15.8. The topological polar surface area (TPSA) is 88.5 Å². The number of ether oxygens (including phenoxy) is 1. The number of nitrogens with one attached hydrogen (secondary N) is 2. The van der Waals surface area contributed by atoms with Gasteiger partial charge in [-0.3, -0.25) is 9.71 Å². The van der Waals surface area contributed by atoms with Gasteiger partial charge in [0.15, 0.2) is 5.11 Å². The Kier molecular flexibility index (Phi) is 7.80. The average Bonchev–Trinajstić information content (AvgIpc) is 3.43. The molecule has 5 rings (SSSR count). The number of anilines is 2. The van der Waals surface area contributed by atoms with Gasteiger partial charge in [0, 0.05) is 29.3 Å². The molecule has 8 nitrogen and oxygen atoms in total. The number of pyridine rings is 1. The molecule has 2 atom stereocenters. The highest BCUT2D eigenvalue weighted by molar-refractivity contribution is 7.92. The molecule has 10 heteroatoms. The first kappa shape index (κ1) is 28.6. The van der Waals surface area contributed by atoms with Crippen molar-refractivity contribution in [1.82, 2.24) is 14.9 Å². The monoisotopic (exact) mass is 589 g/mol. The maximum atomic E-state index is 11.9. The van der Waals surface area contributed by atoms with Gasteiger partial charge in [-0.05, 0) is 86.4 Å². The van der Waals surface area contributed by atoms with Gasteiger partial charge in [0.2, 0.25) is 10.0 Å². The lowest BCUT2D eigenvalue weighted by atomic mass is 9.96. The zero-order valence-electron chi connectivity index (χ0n) is 24.1. The van der Waals surface area contributed by atoms with E-state index >= 15 is 0 Å². The smallest absolute Gasteiger partial charge is 0.229 e. The Morgan fingerprint density at radius 3 is 2.51 bits per heavy atom. The minimum absolute atomic E-state index is 0.222. The van der Waals surface area contributed by atoms with Crippen LogP contribution in [0.2, 0.25) is 0 Å². The van der Waals surface area contributed by atoms with Crippen LogP contribution in [-0.4, -0.2) is 36.4 Å². The number of para-hydroxylation sites is 1.